The summed E-state index contributed by atoms with van der Waals surface area (Å²) in [5.41, 5.74) is 7.08. The van der Waals surface area contributed by atoms with Crippen LogP contribution in [0.4, 0.5) is 0 Å². The van der Waals surface area contributed by atoms with E-state index in [0.29, 0.717) is 0 Å². The molecule has 2 heteroatoms. The van der Waals surface area contributed by atoms with Crippen molar-refractivity contribution in [3.8, 4) is 11.8 Å². The summed E-state index contributed by atoms with van der Waals surface area (Å²) in [6.07, 6.45) is 2.70. The van der Waals surface area contributed by atoms with Gasteiger partial charge in [-0.3, -0.25) is 5.43 Å². The van der Waals surface area contributed by atoms with Gasteiger partial charge in [-0.1, -0.05) is 79.4 Å². The molecule has 0 spiro atoms. The monoisotopic (exact) mass is 288 g/mol. The molecule has 0 heterocycles. The molecule has 0 atom stereocenters. The fraction of sp³-hybridized carbons (Fsp3) is 0.150. The third kappa shape index (κ3) is 4.64. The van der Waals surface area contributed by atoms with Crippen LogP contribution in [0, 0.1) is 11.8 Å². The third-order valence-corrected chi connectivity index (χ3v) is 3.01. The lowest BCUT2D eigenvalue weighted by molar-refractivity contribution is 0.889. The van der Waals surface area contributed by atoms with Crippen molar-refractivity contribution < 1.29 is 0 Å². The minimum Gasteiger partial charge on any atom is -0.282 e. The second-order valence-corrected chi connectivity index (χ2v) is 4.81. The smallest absolute Gasteiger partial charge is 0.0977 e. The molecule has 2 rings (SSSR count). The van der Waals surface area contributed by atoms with E-state index in [0.717, 1.165) is 29.0 Å². The van der Waals surface area contributed by atoms with Crippen LogP contribution in [0.25, 0.3) is 0 Å². The molecule has 0 unspecified atom stereocenters. The Balaban J connectivity index is 2.30. The number of nitrogens with one attached hydrogen (secondary N) is 1. The number of hydrogen-bond acceptors (Lipinski definition) is 2. The average molecular weight is 288 g/mol. The first-order chi connectivity index (χ1) is 10.8. The van der Waals surface area contributed by atoms with Crippen LogP contribution >= 0.6 is 0 Å². The fourth-order valence-corrected chi connectivity index (χ4v) is 1.93. The molecule has 2 aromatic carbocycles. The average Bonchev–Trinajstić information content (AvgIpc) is 2.57. The van der Waals surface area contributed by atoms with E-state index < -0.39 is 0 Å². The van der Waals surface area contributed by atoms with E-state index in [9.17, 15) is 0 Å². The van der Waals surface area contributed by atoms with Crippen LogP contribution in [0.2, 0.25) is 0 Å². The SMILES string of the molecule is CCC#C/C=C(/C)NN=C(c1ccccc1)c1ccccc1. The molecular weight excluding hydrogens is 268 g/mol. The number of nitrogens with zero attached hydrogens (tertiary/aromatic N) is 1. The standard InChI is InChI=1S/C20H20N2/c1-3-4-7-12-17(2)21-22-20(18-13-8-5-9-14-18)19-15-10-6-11-16-19/h5-6,8-16,21H,3H2,1-2H3/b17-12-. The summed E-state index contributed by atoms with van der Waals surface area (Å²) >= 11 is 0. The highest BCUT2D eigenvalue weighted by Gasteiger charge is 2.05. The van der Waals surface area contributed by atoms with Gasteiger partial charge in [0.05, 0.1) is 5.71 Å². The van der Waals surface area contributed by atoms with Crippen molar-refractivity contribution in [2.75, 3.05) is 0 Å². The Morgan fingerprint density at radius 2 is 1.55 bits per heavy atom. The number of hydrazone groups is 1. The quantitative estimate of drug-likeness (QED) is 0.505. The summed E-state index contributed by atoms with van der Waals surface area (Å²) in [6.45, 7) is 3.99. The van der Waals surface area contributed by atoms with Gasteiger partial charge in [0.25, 0.3) is 0 Å². The molecule has 22 heavy (non-hydrogen) atoms. The normalized spacial score (nSPS) is 10.4. The van der Waals surface area contributed by atoms with Crippen molar-refractivity contribution in [2.24, 2.45) is 5.10 Å². The molecule has 0 saturated heterocycles. The van der Waals surface area contributed by atoms with Crippen molar-refractivity contribution in [3.63, 3.8) is 0 Å². The second kappa shape index (κ2) is 8.49. The zero-order valence-corrected chi connectivity index (χ0v) is 13.0. The number of hydrogen-bond donors (Lipinski definition) is 1. The molecule has 110 valence electrons. The highest BCUT2D eigenvalue weighted by atomic mass is 15.3. The molecule has 2 aromatic rings. The zero-order chi connectivity index (χ0) is 15.6. The summed E-state index contributed by atoms with van der Waals surface area (Å²) in [7, 11) is 0. The topological polar surface area (TPSA) is 24.4 Å². The van der Waals surface area contributed by atoms with Crippen LogP contribution in [-0.4, -0.2) is 5.71 Å². The van der Waals surface area contributed by atoms with E-state index in [1.54, 1.807) is 0 Å². The molecule has 0 bridgehead atoms. The van der Waals surface area contributed by atoms with E-state index >= 15 is 0 Å². The maximum Gasteiger partial charge on any atom is 0.0977 e. The predicted molar refractivity (Wildman–Crippen MR) is 93.5 cm³/mol. The van der Waals surface area contributed by atoms with E-state index in [1.807, 2.05) is 56.3 Å². The first kappa shape index (κ1) is 15.6. The van der Waals surface area contributed by atoms with E-state index in [-0.39, 0.29) is 0 Å². The largest absolute Gasteiger partial charge is 0.282 e. The van der Waals surface area contributed by atoms with Crippen LogP contribution in [0.15, 0.2) is 77.5 Å². The van der Waals surface area contributed by atoms with Gasteiger partial charge < -0.3 is 0 Å². The summed E-state index contributed by atoms with van der Waals surface area (Å²) in [6, 6.07) is 20.3. The minimum atomic E-state index is 0.854. The summed E-state index contributed by atoms with van der Waals surface area (Å²) in [5, 5.41) is 4.57. The minimum absolute atomic E-state index is 0.854. The zero-order valence-electron chi connectivity index (χ0n) is 13.0. The third-order valence-electron chi connectivity index (χ3n) is 3.01. The molecule has 0 aromatic heterocycles. The molecule has 0 saturated carbocycles. The molecule has 0 aliphatic carbocycles. The molecule has 0 amide bonds. The van der Waals surface area contributed by atoms with Gasteiger partial charge in [-0.25, -0.2) is 0 Å². The first-order valence-electron chi connectivity index (χ1n) is 7.41. The Morgan fingerprint density at radius 1 is 1.00 bits per heavy atom. The van der Waals surface area contributed by atoms with E-state index in [4.69, 9.17) is 0 Å². The Hall–Kier alpha value is -2.79. The maximum atomic E-state index is 4.57. The Bertz CT molecular complexity index is 660. The predicted octanol–water partition coefficient (Wildman–Crippen LogP) is 4.35. The van der Waals surface area contributed by atoms with Crippen LogP contribution < -0.4 is 5.43 Å². The Kier molecular flexibility index (Phi) is 6.02. The van der Waals surface area contributed by atoms with Crippen molar-refractivity contribution in [2.45, 2.75) is 20.3 Å². The first-order valence-corrected chi connectivity index (χ1v) is 7.41. The number of rotatable bonds is 4. The van der Waals surface area contributed by atoms with Gasteiger partial charge in [0.15, 0.2) is 0 Å². The van der Waals surface area contributed by atoms with Gasteiger partial charge in [-0.05, 0) is 6.92 Å². The van der Waals surface area contributed by atoms with Crippen LogP contribution in [-0.2, 0) is 0 Å². The molecule has 2 nitrogen and oxygen atoms in total. The van der Waals surface area contributed by atoms with Gasteiger partial charge in [0, 0.05) is 29.3 Å². The van der Waals surface area contributed by atoms with Gasteiger partial charge in [0.2, 0.25) is 0 Å². The van der Waals surface area contributed by atoms with Crippen molar-refractivity contribution in [1.29, 1.82) is 0 Å². The van der Waals surface area contributed by atoms with Crippen LogP contribution in [0.1, 0.15) is 31.4 Å². The fourth-order valence-electron chi connectivity index (χ4n) is 1.93. The maximum absolute atomic E-state index is 4.57. The summed E-state index contributed by atoms with van der Waals surface area (Å²) < 4.78 is 0. The van der Waals surface area contributed by atoms with Crippen molar-refractivity contribution in [1.82, 2.24) is 5.43 Å². The molecule has 0 radical (unpaired) electrons. The van der Waals surface area contributed by atoms with E-state index in [2.05, 4.69) is 46.6 Å². The highest BCUT2D eigenvalue weighted by Crippen LogP contribution is 2.10. The number of benzene rings is 2. The van der Waals surface area contributed by atoms with Gasteiger partial charge in [-0.2, -0.15) is 5.10 Å². The van der Waals surface area contributed by atoms with Gasteiger partial charge in [-0.15, -0.1) is 0 Å². The molecule has 0 fully saturated rings. The summed E-state index contributed by atoms with van der Waals surface area (Å²) in [5.74, 6) is 6.01. The summed E-state index contributed by atoms with van der Waals surface area (Å²) in [4.78, 5) is 0. The Morgan fingerprint density at radius 3 is 2.05 bits per heavy atom. The van der Waals surface area contributed by atoms with Crippen molar-refractivity contribution in [3.05, 3.63) is 83.6 Å². The molecule has 0 aliphatic heterocycles. The lowest BCUT2D eigenvalue weighted by Crippen LogP contribution is -2.11. The lowest BCUT2D eigenvalue weighted by Gasteiger charge is -2.08. The Labute approximate surface area is 132 Å². The second-order valence-electron chi connectivity index (χ2n) is 4.81. The van der Waals surface area contributed by atoms with Crippen molar-refractivity contribution >= 4 is 5.71 Å². The van der Waals surface area contributed by atoms with Crippen LogP contribution in [0.3, 0.4) is 0 Å². The van der Waals surface area contributed by atoms with Gasteiger partial charge >= 0.3 is 0 Å². The van der Waals surface area contributed by atoms with E-state index in [1.165, 1.54) is 0 Å². The highest BCUT2D eigenvalue weighted by molar-refractivity contribution is 6.12. The van der Waals surface area contributed by atoms with Crippen LogP contribution in [0.5, 0.6) is 0 Å². The number of allylic oxidation sites excluding steroid dienone is 2. The molecule has 0 aliphatic rings. The lowest BCUT2D eigenvalue weighted by atomic mass is 10.0. The molecular formula is C20H20N2. The van der Waals surface area contributed by atoms with Gasteiger partial charge in [0.1, 0.15) is 0 Å². The molecule has 1 N–H and O–H groups in total.